The molecular weight excluding hydrogens is 170 g/mol. The van der Waals surface area contributed by atoms with E-state index in [1.165, 1.54) is 6.33 Å². The molecule has 0 fully saturated rings. The van der Waals surface area contributed by atoms with E-state index in [4.69, 9.17) is 5.11 Å². The van der Waals surface area contributed by atoms with Gasteiger partial charge in [-0.3, -0.25) is 0 Å². The molecule has 68 valence electrons. The van der Waals surface area contributed by atoms with Crippen molar-refractivity contribution in [1.29, 1.82) is 0 Å². The molecule has 5 heteroatoms. The van der Waals surface area contributed by atoms with Gasteiger partial charge in [-0.15, -0.1) is 0 Å². The summed E-state index contributed by atoms with van der Waals surface area (Å²) in [7, 11) is 0. The summed E-state index contributed by atoms with van der Waals surface area (Å²) in [4.78, 5) is 18.5. The smallest absolute Gasteiger partial charge is 0.354 e. The fraction of sp³-hybridized carbons (Fsp3) is 0.375. The average molecular weight is 179 g/mol. The lowest BCUT2D eigenvalue weighted by atomic mass is 10.1. The molecule has 0 bridgehead atoms. The van der Waals surface area contributed by atoms with E-state index in [-0.39, 0.29) is 5.69 Å². The van der Waals surface area contributed by atoms with Crippen LogP contribution in [0.4, 0.5) is 0 Å². The Bertz CT molecular complexity index is 351. The van der Waals surface area contributed by atoms with Crippen molar-refractivity contribution in [2.45, 2.75) is 13.0 Å². The number of carbonyl (C=O) groups is 1. The van der Waals surface area contributed by atoms with Crippen LogP contribution in [0.2, 0.25) is 0 Å². The first kappa shape index (κ1) is 8.12. The van der Waals surface area contributed by atoms with Gasteiger partial charge in [-0.25, -0.2) is 14.8 Å². The van der Waals surface area contributed by atoms with Crippen molar-refractivity contribution < 1.29 is 9.90 Å². The van der Waals surface area contributed by atoms with E-state index in [1.807, 2.05) is 0 Å². The summed E-state index contributed by atoms with van der Waals surface area (Å²) in [6, 6.07) is 0. The van der Waals surface area contributed by atoms with Crippen molar-refractivity contribution in [3.05, 3.63) is 23.3 Å². The van der Waals surface area contributed by atoms with E-state index in [0.717, 1.165) is 24.2 Å². The summed E-state index contributed by atoms with van der Waals surface area (Å²) in [6.07, 6.45) is 2.09. The Hall–Kier alpha value is -1.49. The van der Waals surface area contributed by atoms with Crippen molar-refractivity contribution in [3.63, 3.8) is 0 Å². The van der Waals surface area contributed by atoms with Gasteiger partial charge in [0.15, 0.2) is 5.69 Å². The second kappa shape index (κ2) is 3.10. The minimum atomic E-state index is -0.984. The maximum Gasteiger partial charge on any atom is 0.354 e. The zero-order valence-corrected chi connectivity index (χ0v) is 6.95. The van der Waals surface area contributed by atoms with Crippen LogP contribution >= 0.6 is 0 Å². The molecule has 2 rings (SSSR count). The van der Waals surface area contributed by atoms with Crippen LogP contribution in [0.3, 0.4) is 0 Å². The van der Waals surface area contributed by atoms with E-state index in [1.54, 1.807) is 0 Å². The molecule has 1 aromatic heterocycles. The van der Waals surface area contributed by atoms with Gasteiger partial charge in [-0.2, -0.15) is 0 Å². The third-order valence-electron chi connectivity index (χ3n) is 2.08. The maximum absolute atomic E-state index is 10.8. The van der Waals surface area contributed by atoms with Crippen LogP contribution in [0.25, 0.3) is 0 Å². The number of nitrogens with zero attached hydrogens (tertiary/aromatic N) is 2. The maximum atomic E-state index is 10.8. The topological polar surface area (TPSA) is 75.1 Å². The summed E-state index contributed by atoms with van der Waals surface area (Å²) in [5.41, 5.74) is 1.70. The number of hydrogen-bond acceptors (Lipinski definition) is 4. The van der Waals surface area contributed by atoms with Gasteiger partial charge < -0.3 is 10.4 Å². The minimum absolute atomic E-state index is 0.122. The van der Waals surface area contributed by atoms with Gasteiger partial charge >= 0.3 is 5.97 Å². The number of aromatic carboxylic acids is 1. The molecule has 13 heavy (non-hydrogen) atoms. The van der Waals surface area contributed by atoms with Gasteiger partial charge in [0, 0.05) is 25.1 Å². The van der Waals surface area contributed by atoms with Gasteiger partial charge in [0.1, 0.15) is 6.33 Å². The van der Waals surface area contributed by atoms with E-state index in [0.29, 0.717) is 6.54 Å². The third-order valence-corrected chi connectivity index (χ3v) is 2.08. The van der Waals surface area contributed by atoms with Crippen LogP contribution in [0.1, 0.15) is 21.7 Å². The van der Waals surface area contributed by atoms with Crippen molar-refractivity contribution in [2.24, 2.45) is 0 Å². The Kier molecular flexibility index (Phi) is 1.94. The van der Waals surface area contributed by atoms with Crippen molar-refractivity contribution in [3.8, 4) is 0 Å². The second-order valence-electron chi connectivity index (χ2n) is 2.88. The van der Waals surface area contributed by atoms with Gasteiger partial charge in [-0.05, 0) is 0 Å². The van der Waals surface area contributed by atoms with Gasteiger partial charge in [-0.1, -0.05) is 0 Å². The summed E-state index contributed by atoms with van der Waals surface area (Å²) in [6.45, 7) is 1.40. The van der Waals surface area contributed by atoms with E-state index >= 15 is 0 Å². The number of hydrogen-bond donors (Lipinski definition) is 2. The molecule has 0 radical (unpaired) electrons. The quantitative estimate of drug-likeness (QED) is 0.625. The number of carboxylic acids is 1. The number of rotatable bonds is 1. The Morgan fingerprint density at radius 3 is 3.15 bits per heavy atom. The number of aromatic nitrogens is 2. The zero-order chi connectivity index (χ0) is 9.26. The van der Waals surface area contributed by atoms with E-state index in [2.05, 4.69) is 15.3 Å². The van der Waals surface area contributed by atoms with E-state index in [9.17, 15) is 4.79 Å². The molecule has 0 unspecified atom stereocenters. The Morgan fingerprint density at radius 2 is 2.38 bits per heavy atom. The first-order valence-corrected chi connectivity index (χ1v) is 4.06. The molecule has 1 aliphatic rings. The minimum Gasteiger partial charge on any atom is -0.476 e. The lowest BCUT2D eigenvalue weighted by Crippen LogP contribution is -2.27. The van der Waals surface area contributed by atoms with Crippen LogP contribution < -0.4 is 5.32 Å². The van der Waals surface area contributed by atoms with Crippen LogP contribution in [-0.2, 0) is 13.0 Å². The number of nitrogens with one attached hydrogen (secondary N) is 1. The lowest BCUT2D eigenvalue weighted by molar-refractivity contribution is 0.0688. The highest BCUT2D eigenvalue weighted by Crippen LogP contribution is 2.13. The summed E-state index contributed by atoms with van der Waals surface area (Å²) < 4.78 is 0. The van der Waals surface area contributed by atoms with Crippen LogP contribution in [0.5, 0.6) is 0 Å². The second-order valence-corrected chi connectivity index (χ2v) is 2.88. The van der Waals surface area contributed by atoms with Crippen LogP contribution in [0, 0.1) is 0 Å². The predicted octanol–water partition coefficient (Wildman–Crippen LogP) is -0.180. The standard InChI is InChI=1S/C8H9N3O2/c12-8(13)7-5-3-9-2-1-6(5)10-4-11-7/h4,9H,1-3H2,(H,12,13). The molecule has 1 aromatic rings. The molecule has 0 saturated carbocycles. The van der Waals surface area contributed by atoms with Crippen molar-refractivity contribution in [2.75, 3.05) is 6.54 Å². The summed E-state index contributed by atoms with van der Waals surface area (Å²) in [5.74, 6) is -0.984. The summed E-state index contributed by atoms with van der Waals surface area (Å²) in [5, 5.41) is 11.9. The van der Waals surface area contributed by atoms with Gasteiger partial charge in [0.25, 0.3) is 0 Å². The molecule has 0 amide bonds. The SMILES string of the molecule is O=C(O)c1ncnc2c1CNCC2. The molecule has 5 nitrogen and oxygen atoms in total. The van der Waals surface area contributed by atoms with Crippen molar-refractivity contribution in [1.82, 2.24) is 15.3 Å². The molecule has 0 spiro atoms. The highest BCUT2D eigenvalue weighted by molar-refractivity contribution is 5.87. The fourth-order valence-electron chi connectivity index (χ4n) is 1.45. The lowest BCUT2D eigenvalue weighted by Gasteiger charge is -2.16. The molecule has 0 atom stereocenters. The van der Waals surface area contributed by atoms with E-state index < -0.39 is 5.97 Å². The third kappa shape index (κ3) is 1.38. The molecule has 2 N–H and O–H groups in total. The van der Waals surface area contributed by atoms with Crippen LogP contribution in [0.15, 0.2) is 6.33 Å². The molecule has 0 saturated heterocycles. The number of fused-ring (bicyclic) bond motifs is 1. The molecule has 0 aliphatic carbocycles. The largest absolute Gasteiger partial charge is 0.476 e. The Labute approximate surface area is 74.8 Å². The first-order chi connectivity index (χ1) is 6.29. The average Bonchev–Trinajstić information content (AvgIpc) is 2.17. The molecule has 1 aliphatic heterocycles. The molecule has 2 heterocycles. The fourth-order valence-corrected chi connectivity index (χ4v) is 1.45. The molecular formula is C8H9N3O2. The number of carboxylic acid groups (broad SMARTS) is 1. The van der Waals surface area contributed by atoms with Crippen molar-refractivity contribution >= 4 is 5.97 Å². The predicted molar refractivity (Wildman–Crippen MR) is 44.4 cm³/mol. The normalized spacial score (nSPS) is 15.1. The Morgan fingerprint density at radius 1 is 1.54 bits per heavy atom. The monoisotopic (exact) mass is 179 g/mol. The molecule has 0 aromatic carbocycles. The van der Waals surface area contributed by atoms with Gasteiger partial charge in [0.05, 0.1) is 5.69 Å². The Balaban J connectivity index is 2.52. The first-order valence-electron chi connectivity index (χ1n) is 4.06. The van der Waals surface area contributed by atoms with Gasteiger partial charge in [0.2, 0.25) is 0 Å². The van der Waals surface area contributed by atoms with Crippen LogP contribution in [-0.4, -0.2) is 27.6 Å². The summed E-state index contributed by atoms with van der Waals surface area (Å²) >= 11 is 0. The highest BCUT2D eigenvalue weighted by Gasteiger charge is 2.18. The zero-order valence-electron chi connectivity index (χ0n) is 6.95. The highest BCUT2D eigenvalue weighted by atomic mass is 16.4.